The van der Waals surface area contributed by atoms with Gasteiger partial charge < -0.3 is 10.6 Å². The first-order valence-corrected chi connectivity index (χ1v) is 5.08. The molecule has 1 aromatic heterocycles. The number of carbonyl (C=O) groups is 1. The molecule has 0 aliphatic heterocycles. The summed E-state index contributed by atoms with van der Waals surface area (Å²) in [4.78, 5) is 15.2. The minimum atomic E-state index is -0.170. The first-order chi connectivity index (χ1) is 7.22. The molecule has 0 saturated carbocycles. The molecule has 0 spiro atoms. The van der Waals surface area contributed by atoms with Crippen molar-refractivity contribution >= 4 is 6.03 Å². The monoisotopic (exact) mass is 211 g/mol. The molecule has 2 N–H and O–H groups in total. The van der Waals surface area contributed by atoms with Gasteiger partial charge in [0.15, 0.2) is 5.82 Å². The molecule has 0 fully saturated rings. The van der Waals surface area contributed by atoms with Crippen LogP contribution in [0.3, 0.4) is 0 Å². The Hall–Kier alpha value is -1.59. The number of aryl methyl sites for hydroxylation is 1. The van der Waals surface area contributed by atoms with Gasteiger partial charge in [0.1, 0.15) is 6.33 Å². The maximum absolute atomic E-state index is 11.2. The second-order valence-electron chi connectivity index (χ2n) is 3.30. The van der Waals surface area contributed by atoms with Gasteiger partial charge in [0.2, 0.25) is 0 Å². The summed E-state index contributed by atoms with van der Waals surface area (Å²) in [5.74, 6) is 0.614. The Morgan fingerprint density at radius 2 is 2.33 bits per heavy atom. The molecule has 15 heavy (non-hydrogen) atoms. The quantitative estimate of drug-likeness (QED) is 0.693. The standard InChI is InChI=1S/C9H17N5O/c1-3-4-5-10-9(15)11-6-8-12-7-14(2)13-8/h7H,3-6H2,1-2H3,(H2,10,11,15). The highest BCUT2D eigenvalue weighted by Gasteiger charge is 2.01. The number of urea groups is 1. The number of aromatic nitrogens is 3. The fourth-order valence-corrected chi connectivity index (χ4v) is 1.07. The number of unbranched alkanes of at least 4 members (excludes halogenated alkanes) is 1. The summed E-state index contributed by atoms with van der Waals surface area (Å²) in [6.07, 6.45) is 3.67. The molecular weight excluding hydrogens is 194 g/mol. The van der Waals surface area contributed by atoms with Crippen molar-refractivity contribution in [2.24, 2.45) is 7.05 Å². The molecule has 1 rings (SSSR count). The lowest BCUT2D eigenvalue weighted by Gasteiger charge is -2.04. The fraction of sp³-hybridized carbons (Fsp3) is 0.667. The molecule has 1 heterocycles. The number of rotatable bonds is 5. The van der Waals surface area contributed by atoms with Gasteiger partial charge in [-0.2, -0.15) is 5.10 Å². The molecule has 0 saturated heterocycles. The van der Waals surface area contributed by atoms with Crippen LogP contribution in [-0.4, -0.2) is 27.3 Å². The van der Waals surface area contributed by atoms with Gasteiger partial charge in [-0.25, -0.2) is 9.78 Å². The van der Waals surface area contributed by atoms with Gasteiger partial charge >= 0.3 is 6.03 Å². The van der Waals surface area contributed by atoms with Crippen LogP contribution in [-0.2, 0) is 13.6 Å². The zero-order valence-electron chi connectivity index (χ0n) is 9.16. The Bertz CT molecular complexity index is 309. The topological polar surface area (TPSA) is 71.8 Å². The third kappa shape index (κ3) is 4.44. The Balaban J connectivity index is 2.16. The van der Waals surface area contributed by atoms with Crippen LogP contribution in [0.5, 0.6) is 0 Å². The van der Waals surface area contributed by atoms with Crippen LogP contribution in [0.25, 0.3) is 0 Å². The zero-order chi connectivity index (χ0) is 11.1. The Labute approximate surface area is 89.1 Å². The van der Waals surface area contributed by atoms with Crippen LogP contribution in [0, 0.1) is 0 Å². The van der Waals surface area contributed by atoms with Gasteiger partial charge in [-0.1, -0.05) is 13.3 Å². The molecule has 0 aliphatic carbocycles. The fourth-order valence-electron chi connectivity index (χ4n) is 1.07. The molecule has 0 aromatic carbocycles. The molecule has 0 aliphatic rings. The van der Waals surface area contributed by atoms with Crippen molar-refractivity contribution in [1.29, 1.82) is 0 Å². The molecule has 0 unspecified atom stereocenters. The highest BCUT2D eigenvalue weighted by molar-refractivity contribution is 5.73. The average molecular weight is 211 g/mol. The van der Waals surface area contributed by atoms with E-state index < -0.39 is 0 Å². The third-order valence-corrected chi connectivity index (χ3v) is 1.87. The number of carbonyl (C=O) groups excluding carboxylic acids is 1. The summed E-state index contributed by atoms with van der Waals surface area (Å²) >= 11 is 0. The van der Waals surface area contributed by atoms with Gasteiger partial charge in [-0.3, -0.25) is 4.68 Å². The van der Waals surface area contributed by atoms with Crippen molar-refractivity contribution in [3.05, 3.63) is 12.2 Å². The van der Waals surface area contributed by atoms with Gasteiger partial charge in [-0.05, 0) is 6.42 Å². The highest BCUT2D eigenvalue weighted by atomic mass is 16.2. The van der Waals surface area contributed by atoms with Crippen LogP contribution in [0.15, 0.2) is 6.33 Å². The van der Waals surface area contributed by atoms with Gasteiger partial charge in [0, 0.05) is 13.6 Å². The largest absolute Gasteiger partial charge is 0.338 e. The van der Waals surface area contributed by atoms with Crippen LogP contribution in [0.2, 0.25) is 0 Å². The number of nitrogens with zero attached hydrogens (tertiary/aromatic N) is 3. The van der Waals surface area contributed by atoms with Crippen LogP contribution < -0.4 is 10.6 Å². The van der Waals surface area contributed by atoms with Crippen LogP contribution >= 0.6 is 0 Å². The first-order valence-electron chi connectivity index (χ1n) is 5.08. The SMILES string of the molecule is CCCCNC(=O)NCc1ncn(C)n1. The molecule has 84 valence electrons. The smallest absolute Gasteiger partial charge is 0.315 e. The Kier molecular flexibility index (Phi) is 4.59. The zero-order valence-corrected chi connectivity index (χ0v) is 9.16. The first kappa shape index (κ1) is 11.5. The van der Waals surface area contributed by atoms with Crippen molar-refractivity contribution < 1.29 is 4.79 Å². The minimum Gasteiger partial charge on any atom is -0.338 e. The lowest BCUT2D eigenvalue weighted by atomic mass is 10.3. The van der Waals surface area contributed by atoms with Crippen molar-refractivity contribution in [2.75, 3.05) is 6.54 Å². The Morgan fingerprint density at radius 3 is 2.93 bits per heavy atom. The lowest BCUT2D eigenvalue weighted by molar-refractivity contribution is 0.240. The molecule has 6 heteroatoms. The summed E-state index contributed by atoms with van der Waals surface area (Å²) in [5, 5.41) is 9.47. The average Bonchev–Trinajstić information content (AvgIpc) is 2.62. The molecule has 0 radical (unpaired) electrons. The second kappa shape index (κ2) is 6.00. The normalized spacial score (nSPS) is 10.0. The summed E-state index contributed by atoms with van der Waals surface area (Å²) in [6, 6.07) is -0.170. The number of amides is 2. The minimum absolute atomic E-state index is 0.170. The third-order valence-electron chi connectivity index (χ3n) is 1.87. The van der Waals surface area contributed by atoms with E-state index in [2.05, 4.69) is 27.6 Å². The number of nitrogens with one attached hydrogen (secondary N) is 2. The van der Waals surface area contributed by atoms with Crippen molar-refractivity contribution in [1.82, 2.24) is 25.4 Å². The van der Waals surface area contributed by atoms with E-state index >= 15 is 0 Å². The van der Waals surface area contributed by atoms with Crippen molar-refractivity contribution in [3.8, 4) is 0 Å². The maximum atomic E-state index is 11.2. The van der Waals surface area contributed by atoms with E-state index in [-0.39, 0.29) is 6.03 Å². The van der Waals surface area contributed by atoms with E-state index in [1.165, 1.54) is 0 Å². The van der Waals surface area contributed by atoms with E-state index in [0.717, 1.165) is 12.8 Å². The molecule has 2 amide bonds. The molecule has 6 nitrogen and oxygen atoms in total. The summed E-state index contributed by atoms with van der Waals surface area (Å²) in [5.41, 5.74) is 0. The maximum Gasteiger partial charge on any atom is 0.315 e. The van der Waals surface area contributed by atoms with E-state index in [1.54, 1.807) is 18.1 Å². The van der Waals surface area contributed by atoms with E-state index in [1.807, 2.05) is 0 Å². The van der Waals surface area contributed by atoms with Gasteiger partial charge in [0.25, 0.3) is 0 Å². The van der Waals surface area contributed by atoms with Crippen molar-refractivity contribution in [2.45, 2.75) is 26.3 Å². The predicted octanol–water partition coefficient (Wildman–Crippen LogP) is 0.414. The summed E-state index contributed by atoms with van der Waals surface area (Å²) < 4.78 is 1.60. The van der Waals surface area contributed by atoms with E-state index in [0.29, 0.717) is 18.9 Å². The van der Waals surface area contributed by atoms with Crippen molar-refractivity contribution in [3.63, 3.8) is 0 Å². The van der Waals surface area contributed by atoms with E-state index in [9.17, 15) is 4.79 Å². The highest BCUT2D eigenvalue weighted by Crippen LogP contribution is 1.87. The second-order valence-corrected chi connectivity index (χ2v) is 3.30. The predicted molar refractivity (Wildman–Crippen MR) is 56.1 cm³/mol. The van der Waals surface area contributed by atoms with Gasteiger partial charge in [0.05, 0.1) is 6.54 Å². The Morgan fingerprint density at radius 1 is 1.53 bits per heavy atom. The van der Waals surface area contributed by atoms with Crippen LogP contribution in [0.1, 0.15) is 25.6 Å². The lowest BCUT2D eigenvalue weighted by Crippen LogP contribution is -2.35. The summed E-state index contributed by atoms with van der Waals surface area (Å²) in [7, 11) is 1.79. The number of hydrogen-bond acceptors (Lipinski definition) is 3. The molecule has 0 atom stereocenters. The molecule has 0 bridgehead atoms. The number of hydrogen-bond donors (Lipinski definition) is 2. The van der Waals surface area contributed by atoms with E-state index in [4.69, 9.17) is 0 Å². The summed E-state index contributed by atoms with van der Waals surface area (Å²) in [6.45, 7) is 3.15. The molecular formula is C9H17N5O. The van der Waals surface area contributed by atoms with Gasteiger partial charge in [-0.15, -0.1) is 0 Å². The van der Waals surface area contributed by atoms with Crippen LogP contribution in [0.4, 0.5) is 4.79 Å². The molecule has 1 aromatic rings.